The first-order valence-corrected chi connectivity index (χ1v) is 10.7. The van der Waals surface area contributed by atoms with E-state index in [0.717, 1.165) is 5.56 Å². The third kappa shape index (κ3) is 5.48. The van der Waals surface area contributed by atoms with Crippen LogP contribution in [-0.2, 0) is 10.0 Å². The molecule has 0 fully saturated rings. The largest absolute Gasteiger partial charge is 0.490 e. The predicted octanol–water partition coefficient (Wildman–Crippen LogP) is 4.61. The van der Waals surface area contributed by atoms with Gasteiger partial charge in [0.25, 0.3) is 15.9 Å². The molecule has 7 heteroatoms. The van der Waals surface area contributed by atoms with E-state index in [4.69, 9.17) is 4.74 Å². The van der Waals surface area contributed by atoms with Gasteiger partial charge in [-0.3, -0.25) is 9.52 Å². The minimum absolute atomic E-state index is 0.102. The van der Waals surface area contributed by atoms with Crippen molar-refractivity contribution in [2.24, 2.45) is 0 Å². The number of hydrogen-bond donors (Lipinski definition) is 2. The Morgan fingerprint density at radius 3 is 2.13 bits per heavy atom. The molecule has 0 aliphatic carbocycles. The highest BCUT2D eigenvalue weighted by Crippen LogP contribution is 2.19. The Morgan fingerprint density at radius 1 is 0.933 bits per heavy atom. The van der Waals surface area contributed by atoms with Gasteiger partial charge in [-0.25, -0.2) is 8.42 Å². The van der Waals surface area contributed by atoms with Gasteiger partial charge in [0.1, 0.15) is 12.4 Å². The van der Waals surface area contributed by atoms with Crippen molar-refractivity contribution in [2.45, 2.75) is 11.8 Å². The van der Waals surface area contributed by atoms with Crippen LogP contribution < -0.4 is 14.8 Å². The zero-order valence-electron chi connectivity index (χ0n) is 16.5. The van der Waals surface area contributed by atoms with E-state index in [1.807, 2.05) is 19.1 Å². The number of carbonyl (C=O) groups is 1. The summed E-state index contributed by atoms with van der Waals surface area (Å²) in [6.45, 7) is 5.90. The maximum absolute atomic E-state index is 12.5. The number of hydrogen-bond acceptors (Lipinski definition) is 4. The molecule has 6 nitrogen and oxygen atoms in total. The van der Waals surface area contributed by atoms with Crippen molar-refractivity contribution < 1.29 is 17.9 Å². The minimum atomic E-state index is -3.72. The molecular formula is C23H22N2O4S. The van der Waals surface area contributed by atoms with E-state index >= 15 is 0 Å². The normalized spacial score (nSPS) is 10.8. The standard InChI is InChI=1S/C23H22N2O4S/c1-3-16-29-21-12-6-18(7-13-21)23(26)24-19-10-14-22(15-11-19)30(27,28)25-20-8-4-17(2)5-9-20/h3-15,25H,1,16H2,2H3,(H,24,26). The third-order valence-electron chi connectivity index (χ3n) is 4.21. The molecule has 30 heavy (non-hydrogen) atoms. The van der Waals surface area contributed by atoms with Crippen molar-refractivity contribution in [2.75, 3.05) is 16.6 Å². The van der Waals surface area contributed by atoms with Gasteiger partial charge >= 0.3 is 0 Å². The lowest BCUT2D eigenvalue weighted by Gasteiger charge is -2.10. The van der Waals surface area contributed by atoms with E-state index in [-0.39, 0.29) is 10.8 Å². The quantitative estimate of drug-likeness (QED) is 0.519. The molecule has 2 N–H and O–H groups in total. The van der Waals surface area contributed by atoms with Gasteiger partial charge < -0.3 is 10.1 Å². The molecule has 0 bridgehead atoms. The van der Waals surface area contributed by atoms with Crippen molar-refractivity contribution in [3.8, 4) is 5.75 Å². The van der Waals surface area contributed by atoms with E-state index < -0.39 is 10.0 Å². The van der Waals surface area contributed by atoms with Crippen LogP contribution in [0.3, 0.4) is 0 Å². The lowest BCUT2D eigenvalue weighted by molar-refractivity contribution is 0.102. The van der Waals surface area contributed by atoms with E-state index in [1.165, 1.54) is 12.1 Å². The van der Waals surface area contributed by atoms with Gasteiger partial charge in [-0.2, -0.15) is 0 Å². The highest BCUT2D eigenvalue weighted by atomic mass is 32.2. The Hall–Kier alpha value is -3.58. The van der Waals surface area contributed by atoms with Gasteiger partial charge in [0, 0.05) is 16.9 Å². The summed E-state index contributed by atoms with van der Waals surface area (Å²) in [4.78, 5) is 12.5. The molecule has 3 aromatic rings. The maximum Gasteiger partial charge on any atom is 0.261 e. The van der Waals surface area contributed by atoms with Crippen LogP contribution in [0, 0.1) is 6.92 Å². The summed E-state index contributed by atoms with van der Waals surface area (Å²) in [5.41, 5.74) is 2.47. The lowest BCUT2D eigenvalue weighted by Crippen LogP contribution is -2.14. The molecule has 1 amide bonds. The Balaban J connectivity index is 1.65. The zero-order chi connectivity index (χ0) is 21.6. The molecule has 0 aliphatic rings. The molecule has 0 unspecified atom stereocenters. The van der Waals surface area contributed by atoms with Gasteiger partial charge in [-0.05, 0) is 67.6 Å². The number of ether oxygens (including phenoxy) is 1. The number of benzene rings is 3. The average molecular weight is 423 g/mol. The molecule has 0 spiro atoms. The molecule has 0 saturated carbocycles. The molecule has 154 valence electrons. The fourth-order valence-corrected chi connectivity index (χ4v) is 3.67. The van der Waals surface area contributed by atoms with Gasteiger partial charge in [-0.1, -0.05) is 30.4 Å². The number of sulfonamides is 1. The topological polar surface area (TPSA) is 84.5 Å². The lowest BCUT2D eigenvalue weighted by atomic mass is 10.2. The first-order chi connectivity index (χ1) is 14.4. The van der Waals surface area contributed by atoms with Crippen LogP contribution in [0.15, 0.2) is 90.3 Å². The van der Waals surface area contributed by atoms with Crippen LogP contribution in [0.5, 0.6) is 5.75 Å². The summed E-state index contributed by atoms with van der Waals surface area (Å²) in [5, 5.41) is 2.74. The molecule has 0 heterocycles. The SMILES string of the molecule is C=CCOc1ccc(C(=O)Nc2ccc(S(=O)(=O)Nc3ccc(C)cc3)cc2)cc1. The number of carbonyl (C=O) groups excluding carboxylic acids is 1. The molecule has 3 aromatic carbocycles. The maximum atomic E-state index is 12.5. The number of aryl methyl sites for hydroxylation is 1. The molecule has 3 rings (SSSR count). The number of anilines is 2. The molecule has 0 atom stereocenters. The van der Waals surface area contributed by atoms with Gasteiger partial charge in [0.15, 0.2) is 0 Å². The van der Waals surface area contributed by atoms with Gasteiger partial charge in [-0.15, -0.1) is 0 Å². The molecular weight excluding hydrogens is 400 g/mol. The molecule has 0 saturated heterocycles. The van der Waals surface area contributed by atoms with Crippen molar-refractivity contribution in [1.82, 2.24) is 0 Å². The Bertz CT molecular complexity index is 1120. The number of amides is 1. The van der Waals surface area contributed by atoms with Crippen molar-refractivity contribution in [1.29, 1.82) is 0 Å². The third-order valence-corrected chi connectivity index (χ3v) is 5.61. The van der Waals surface area contributed by atoms with Crippen LogP contribution >= 0.6 is 0 Å². The van der Waals surface area contributed by atoms with Crippen molar-refractivity contribution in [3.05, 3.63) is 96.6 Å². The molecule has 0 radical (unpaired) electrons. The first kappa shape index (κ1) is 21.1. The van der Waals surface area contributed by atoms with Crippen LogP contribution in [0.1, 0.15) is 15.9 Å². The smallest absolute Gasteiger partial charge is 0.261 e. The van der Waals surface area contributed by atoms with Gasteiger partial charge in [0.05, 0.1) is 4.90 Å². The minimum Gasteiger partial charge on any atom is -0.490 e. The first-order valence-electron chi connectivity index (χ1n) is 9.22. The fraction of sp³-hybridized carbons (Fsp3) is 0.0870. The second-order valence-corrected chi connectivity index (χ2v) is 8.26. The zero-order valence-corrected chi connectivity index (χ0v) is 17.3. The fourth-order valence-electron chi connectivity index (χ4n) is 2.61. The predicted molar refractivity (Wildman–Crippen MR) is 119 cm³/mol. The Morgan fingerprint density at radius 2 is 1.53 bits per heavy atom. The summed E-state index contributed by atoms with van der Waals surface area (Å²) in [5.74, 6) is 0.334. The highest BCUT2D eigenvalue weighted by Gasteiger charge is 2.14. The van der Waals surface area contributed by atoms with E-state index in [9.17, 15) is 13.2 Å². The molecule has 0 aliphatic heterocycles. The number of rotatable bonds is 8. The summed E-state index contributed by atoms with van der Waals surface area (Å²) in [6, 6.07) is 19.7. The summed E-state index contributed by atoms with van der Waals surface area (Å²) in [6.07, 6.45) is 1.64. The van der Waals surface area contributed by atoms with Crippen LogP contribution in [0.4, 0.5) is 11.4 Å². The summed E-state index contributed by atoms with van der Waals surface area (Å²) >= 11 is 0. The average Bonchev–Trinajstić information content (AvgIpc) is 2.74. The Labute approximate surface area is 176 Å². The van der Waals surface area contributed by atoms with Crippen molar-refractivity contribution in [3.63, 3.8) is 0 Å². The van der Waals surface area contributed by atoms with Gasteiger partial charge in [0.2, 0.25) is 0 Å². The number of nitrogens with one attached hydrogen (secondary N) is 2. The van der Waals surface area contributed by atoms with E-state index in [2.05, 4.69) is 16.6 Å². The van der Waals surface area contributed by atoms with Crippen LogP contribution in [-0.4, -0.2) is 20.9 Å². The van der Waals surface area contributed by atoms with Crippen molar-refractivity contribution >= 4 is 27.3 Å². The monoisotopic (exact) mass is 422 g/mol. The summed E-state index contributed by atoms with van der Waals surface area (Å²) < 4.78 is 33.0. The van der Waals surface area contributed by atoms with E-state index in [1.54, 1.807) is 54.6 Å². The van der Waals surface area contributed by atoms with Crippen LogP contribution in [0.2, 0.25) is 0 Å². The summed E-state index contributed by atoms with van der Waals surface area (Å²) in [7, 11) is -3.72. The second kappa shape index (κ2) is 9.28. The highest BCUT2D eigenvalue weighted by molar-refractivity contribution is 7.92. The Kier molecular flexibility index (Phi) is 6.54. The molecule has 0 aromatic heterocycles. The van der Waals surface area contributed by atoms with Crippen LogP contribution in [0.25, 0.3) is 0 Å². The van der Waals surface area contributed by atoms with E-state index in [0.29, 0.717) is 29.3 Å². The second-order valence-electron chi connectivity index (χ2n) is 6.57.